The summed E-state index contributed by atoms with van der Waals surface area (Å²) in [5, 5.41) is 3.82. The van der Waals surface area contributed by atoms with Crippen molar-refractivity contribution in [1.82, 2.24) is 10.3 Å². The summed E-state index contributed by atoms with van der Waals surface area (Å²) in [6.07, 6.45) is 1.50. The number of aromatic nitrogens is 1. The maximum Gasteiger partial charge on any atom is 0.137 e. The number of nitrogens with two attached hydrogens (primary N) is 1. The first-order chi connectivity index (χ1) is 9.52. The molecule has 20 heavy (non-hydrogen) atoms. The van der Waals surface area contributed by atoms with Crippen molar-refractivity contribution >= 4 is 33.3 Å². The Hall–Kier alpha value is -1.17. The highest BCUT2D eigenvalue weighted by Crippen LogP contribution is 2.30. The molecule has 2 rings (SSSR count). The summed E-state index contributed by atoms with van der Waals surface area (Å²) in [6, 6.07) is 6.44. The van der Waals surface area contributed by atoms with E-state index in [0.717, 1.165) is 17.7 Å². The van der Waals surface area contributed by atoms with Crippen LogP contribution in [0.15, 0.2) is 34.9 Å². The lowest BCUT2D eigenvalue weighted by atomic mass is 9.99. The lowest BCUT2D eigenvalue weighted by Crippen LogP contribution is -2.23. The maximum absolute atomic E-state index is 13.4. The summed E-state index contributed by atoms with van der Waals surface area (Å²) in [6.45, 7) is 2.71. The SMILES string of the molecule is CCNC(c1ccc(F)c(Br)c1)c1cc(Cl)cnc1N. The van der Waals surface area contributed by atoms with Crippen molar-refractivity contribution in [1.29, 1.82) is 0 Å². The molecule has 1 unspecified atom stereocenters. The van der Waals surface area contributed by atoms with Crippen LogP contribution >= 0.6 is 27.5 Å². The van der Waals surface area contributed by atoms with E-state index >= 15 is 0 Å². The van der Waals surface area contributed by atoms with E-state index in [9.17, 15) is 4.39 Å². The second-order valence-corrected chi connectivity index (χ2v) is 5.58. The number of benzene rings is 1. The molecular formula is C14H14BrClFN3. The van der Waals surface area contributed by atoms with Crippen LogP contribution in [0.2, 0.25) is 5.02 Å². The molecule has 0 radical (unpaired) electrons. The average molecular weight is 359 g/mol. The fourth-order valence-corrected chi connectivity index (χ4v) is 2.56. The monoisotopic (exact) mass is 357 g/mol. The molecule has 0 amide bonds. The van der Waals surface area contributed by atoms with Gasteiger partial charge < -0.3 is 11.1 Å². The van der Waals surface area contributed by atoms with Gasteiger partial charge in [-0.05, 0) is 46.2 Å². The lowest BCUT2D eigenvalue weighted by Gasteiger charge is -2.20. The van der Waals surface area contributed by atoms with Gasteiger partial charge in [-0.25, -0.2) is 9.37 Å². The van der Waals surface area contributed by atoms with E-state index in [1.807, 2.05) is 6.92 Å². The van der Waals surface area contributed by atoms with E-state index in [-0.39, 0.29) is 11.9 Å². The molecule has 0 bridgehead atoms. The first kappa shape index (κ1) is 15.2. The van der Waals surface area contributed by atoms with Crippen LogP contribution in [0.1, 0.15) is 24.1 Å². The number of nitrogens with one attached hydrogen (secondary N) is 1. The number of hydrogen-bond acceptors (Lipinski definition) is 3. The number of pyridine rings is 1. The predicted octanol–water partition coefficient (Wildman–Crippen LogP) is 3.92. The van der Waals surface area contributed by atoms with Crippen molar-refractivity contribution in [3.63, 3.8) is 0 Å². The van der Waals surface area contributed by atoms with E-state index < -0.39 is 0 Å². The van der Waals surface area contributed by atoms with E-state index in [0.29, 0.717) is 15.3 Å². The van der Waals surface area contributed by atoms with Crippen molar-refractivity contribution in [2.24, 2.45) is 0 Å². The van der Waals surface area contributed by atoms with E-state index in [2.05, 4.69) is 26.2 Å². The van der Waals surface area contributed by atoms with Crippen molar-refractivity contribution in [3.05, 3.63) is 56.9 Å². The molecule has 0 spiro atoms. The zero-order valence-corrected chi connectivity index (χ0v) is 13.2. The highest BCUT2D eigenvalue weighted by Gasteiger charge is 2.18. The minimum atomic E-state index is -0.304. The quantitative estimate of drug-likeness (QED) is 0.871. The van der Waals surface area contributed by atoms with Gasteiger partial charge in [0.2, 0.25) is 0 Å². The summed E-state index contributed by atoms with van der Waals surface area (Å²) in [5.41, 5.74) is 7.59. The van der Waals surface area contributed by atoms with Crippen molar-refractivity contribution in [2.75, 3.05) is 12.3 Å². The van der Waals surface area contributed by atoms with Crippen molar-refractivity contribution in [3.8, 4) is 0 Å². The van der Waals surface area contributed by atoms with Crippen LogP contribution in [0.25, 0.3) is 0 Å². The van der Waals surface area contributed by atoms with Gasteiger partial charge in [0.15, 0.2) is 0 Å². The Kier molecular flexibility index (Phi) is 4.96. The molecule has 0 aliphatic heterocycles. The predicted molar refractivity (Wildman–Crippen MR) is 83.3 cm³/mol. The minimum absolute atomic E-state index is 0.192. The fourth-order valence-electron chi connectivity index (χ4n) is 2.00. The van der Waals surface area contributed by atoms with Crippen LogP contribution in [-0.4, -0.2) is 11.5 Å². The smallest absolute Gasteiger partial charge is 0.137 e. The molecule has 0 aliphatic carbocycles. The third-order valence-corrected chi connectivity index (χ3v) is 3.73. The zero-order chi connectivity index (χ0) is 14.7. The summed E-state index contributed by atoms with van der Waals surface area (Å²) in [4.78, 5) is 4.07. The van der Waals surface area contributed by atoms with E-state index in [4.69, 9.17) is 17.3 Å². The Morgan fingerprint density at radius 2 is 2.20 bits per heavy atom. The highest BCUT2D eigenvalue weighted by atomic mass is 79.9. The molecule has 0 saturated carbocycles. The third kappa shape index (κ3) is 3.29. The van der Waals surface area contributed by atoms with E-state index in [1.54, 1.807) is 18.2 Å². The molecule has 1 atom stereocenters. The van der Waals surface area contributed by atoms with Gasteiger partial charge in [0.1, 0.15) is 11.6 Å². The fraction of sp³-hybridized carbons (Fsp3) is 0.214. The summed E-state index contributed by atoms with van der Waals surface area (Å²) >= 11 is 9.19. The lowest BCUT2D eigenvalue weighted by molar-refractivity contribution is 0.608. The molecule has 1 aromatic carbocycles. The van der Waals surface area contributed by atoms with Gasteiger partial charge >= 0.3 is 0 Å². The molecule has 3 nitrogen and oxygen atoms in total. The zero-order valence-electron chi connectivity index (χ0n) is 10.8. The van der Waals surface area contributed by atoms with Gasteiger partial charge in [-0.2, -0.15) is 0 Å². The Labute approximate surface area is 130 Å². The van der Waals surface area contributed by atoms with Crippen LogP contribution in [0.5, 0.6) is 0 Å². The largest absolute Gasteiger partial charge is 0.383 e. The standard InChI is InChI=1S/C14H14BrClFN3/c1-2-19-13(8-3-4-12(17)11(15)5-8)10-6-9(16)7-20-14(10)18/h3-7,13,19H,2H2,1H3,(H2,18,20). The number of nitrogen functional groups attached to an aromatic ring is 1. The van der Waals surface area contributed by atoms with Gasteiger partial charge in [0, 0.05) is 11.8 Å². The molecule has 0 saturated heterocycles. The van der Waals surface area contributed by atoms with Crippen molar-refractivity contribution < 1.29 is 4.39 Å². The van der Waals surface area contributed by atoms with Gasteiger partial charge in [0.05, 0.1) is 15.5 Å². The second kappa shape index (κ2) is 6.52. The molecule has 0 aliphatic rings. The van der Waals surface area contributed by atoms with Crippen LogP contribution < -0.4 is 11.1 Å². The first-order valence-electron chi connectivity index (χ1n) is 6.12. The Morgan fingerprint density at radius 3 is 2.85 bits per heavy atom. The second-order valence-electron chi connectivity index (χ2n) is 4.29. The normalized spacial score (nSPS) is 12.4. The van der Waals surface area contributed by atoms with Crippen molar-refractivity contribution in [2.45, 2.75) is 13.0 Å². The van der Waals surface area contributed by atoms with Crippen LogP contribution in [0.3, 0.4) is 0 Å². The average Bonchev–Trinajstić information content (AvgIpc) is 2.42. The van der Waals surface area contributed by atoms with Gasteiger partial charge in [-0.15, -0.1) is 0 Å². The summed E-state index contributed by atoms with van der Waals surface area (Å²) < 4.78 is 13.8. The summed E-state index contributed by atoms with van der Waals surface area (Å²) in [5.74, 6) is 0.0991. The van der Waals surface area contributed by atoms with Crippen LogP contribution in [0, 0.1) is 5.82 Å². The molecule has 0 fully saturated rings. The van der Waals surface area contributed by atoms with Gasteiger partial charge in [-0.1, -0.05) is 24.6 Å². The van der Waals surface area contributed by atoms with Crippen LogP contribution in [-0.2, 0) is 0 Å². The third-order valence-electron chi connectivity index (χ3n) is 2.91. The molecular weight excluding hydrogens is 345 g/mol. The Balaban J connectivity index is 2.49. The van der Waals surface area contributed by atoms with Crippen LogP contribution in [0.4, 0.5) is 10.2 Å². The Bertz CT molecular complexity index is 621. The molecule has 6 heteroatoms. The topological polar surface area (TPSA) is 50.9 Å². The van der Waals surface area contributed by atoms with E-state index in [1.165, 1.54) is 12.3 Å². The summed E-state index contributed by atoms with van der Waals surface area (Å²) in [7, 11) is 0. The molecule has 2 aromatic rings. The maximum atomic E-state index is 13.4. The molecule has 106 valence electrons. The number of rotatable bonds is 4. The minimum Gasteiger partial charge on any atom is -0.383 e. The Morgan fingerprint density at radius 1 is 1.45 bits per heavy atom. The number of anilines is 1. The molecule has 1 aromatic heterocycles. The van der Waals surface area contributed by atoms with Gasteiger partial charge in [0.25, 0.3) is 0 Å². The number of halogens is 3. The number of hydrogen-bond donors (Lipinski definition) is 2. The van der Waals surface area contributed by atoms with Gasteiger partial charge in [-0.3, -0.25) is 0 Å². The number of nitrogens with zero attached hydrogens (tertiary/aromatic N) is 1. The first-order valence-corrected chi connectivity index (χ1v) is 7.29. The molecule has 1 heterocycles. The molecule has 3 N–H and O–H groups in total. The highest BCUT2D eigenvalue weighted by molar-refractivity contribution is 9.10.